The molecule has 13 rings (SSSR count). The summed E-state index contributed by atoms with van der Waals surface area (Å²) in [5.41, 5.74) is 6.39. The maximum atomic E-state index is 15.3. The van der Waals surface area contributed by atoms with E-state index in [1.165, 1.54) is 33.8 Å². The number of hydrogen-bond acceptors (Lipinski definition) is 15. The zero-order chi connectivity index (χ0) is 57.5. The molecule has 1 spiro atoms. The molecule has 6 bridgehead atoms. The van der Waals surface area contributed by atoms with Crippen molar-refractivity contribution in [2.45, 2.75) is 165 Å². The van der Waals surface area contributed by atoms with E-state index in [0.29, 0.717) is 114 Å². The Morgan fingerprint density at radius 2 is 1.78 bits per heavy atom. The smallest absolute Gasteiger partial charge is 0.406 e. The average Bonchev–Trinajstić information content (AvgIpc) is 2.89. The van der Waals surface area contributed by atoms with Crippen LogP contribution in [0.25, 0.3) is 27.7 Å². The van der Waals surface area contributed by atoms with Crippen molar-refractivity contribution in [1.82, 2.24) is 50.2 Å². The number of amides is 3. The van der Waals surface area contributed by atoms with Crippen LogP contribution in [-0.2, 0) is 52.8 Å². The Balaban J connectivity index is 0.835. The van der Waals surface area contributed by atoms with Gasteiger partial charge in [-0.25, -0.2) is 10.4 Å². The number of likely N-dealkylation sites (tertiary alicyclic amines) is 2. The fourth-order valence-electron chi connectivity index (χ4n) is 15.5. The molecular formula is C61H82F3N11O7S. The van der Waals surface area contributed by atoms with Crippen molar-refractivity contribution in [2.24, 2.45) is 27.7 Å². The molecule has 10 heterocycles. The summed E-state index contributed by atoms with van der Waals surface area (Å²) in [5.74, 6) is -0.164. The van der Waals surface area contributed by atoms with Gasteiger partial charge in [0.1, 0.15) is 24.7 Å². The molecule has 0 radical (unpaired) electrons. The Labute approximate surface area is 488 Å². The van der Waals surface area contributed by atoms with Gasteiger partial charge in [-0.3, -0.25) is 49.2 Å². The number of benzene rings is 1. The molecule has 22 heteroatoms. The number of fused-ring (bicyclic) bond motifs is 7. The van der Waals surface area contributed by atoms with E-state index < -0.39 is 48.3 Å². The number of hydrazine groups is 1. The topological polar surface area (TPSA) is 188 Å². The third-order valence-electron chi connectivity index (χ3n) is 20.2. The van der Waals surface area contributed by atoms with E-state index >= 15 is 22.8 Å². The highest BCUT2D eigenvalue weighted by Crippen LogP contribution is 2.47. The van der Waals surface area contributed by atoms with Crippen LogP contribution < -0.4 is 16.1 Å². The molecule has 8 aliphatic heterocycles. The summed E-state index contributed by atoms with van der Waals surface area (Å²) in [5, 5.41) is 11.3. The number of ether oxygens (including phenoxy) is 3. The number of rotatable bonds is 11. The van der Waals surface area contributed by atoms with E-state index in [1.807, 2.05) is 44.5 Å². The van der Waals surface area contributed by atoms with Crippen molar-refractivity contribution in [1.29, 1.82) is 0 Å². The molecule has 450 valence electrons. The lowest BCUT2D eigenvalue weighted by Gasteiger charge is -2.46. The maximum Gasteiger partial charge on any atom is 0.406 e. The molecular weight excluding hydrogens is 1090 g/mol. The average molecular weight is 1170 g/mol. The van der Waals surface area contributed by atoms with Crippen LogP contribution in [0, 0.1) is 22.7 Å². The van der Waals surface area contributed by atoms with Gasteiger partial charge < -0.3 is 29.0 Å². The van der Waals surface area contributed by atoms with Crippen molar-refractivity contribution in [3.63, 3.8) is 0 Å². The molecule has 2 aromatic heterocycles. The molecule has 2 aliphatic carbocycles. The van der Waals surface area contributed by atoms with Gasteiger partial charge >= 0.3 is 12.1 Å². The summed E-state index contributed by atoms with van der Waals surface area (Å²) < 4.78 is 65.2. The molecule has 8 fully saturated rings. The van der Waals surface area contributed by atoms with Crippen LogP contribution in [0.3, 0.4) is 0 Å². The van der Waals surface area contributed by atoms with Crippen LogP contribution in [0.2, 0.25) is 0 Å². The molecule has 2 saturated carbocycles. The molecule has 6 saturated heterocycles. The van der Waals surface area contributed by atoms with E-state index in [2.05, 4.69) is 35.7 Å². The first-order valence-corrected chi connectivity index (χ1v) is 31.6. The summed E-state index contributed by atoms with van der Waals surface area (Å²) in [6, 6.07) is 3.41. The van der Waals surface area contributed by atoms with Gasteiger partial charge in [-0.15, -0.1) is 11.3 Å². The van der Waals surface area contributed by atoms with Crippen molar-refractivity contribution in [3.8, 4) is 11.3 Å². The van der Waals surface area contributed by atoms with Crippen LogP contribution in [-0.4, -0.2) is 204 Å². The lowest BCUT2D eigenvalue weighted by molar-refractivity contribution is -0.155. The number of nitrogens with zero attached hydrogens (tertiary/aromatic N) is 8. The van der Waals surface area contributed by atoms with Crippen molar-refractivity contribution in [2.75, 3.05) is 85.8 Å². The Morgan fingerprint density at radius 1 is 0.976 bits per heavy atom. The fourth-order valence-corrected chi connectivity index (χ4v) is 16.3. The van der Waals surface area contributed by atoms with Crippen LogP contribution in [0.5, 0.6) is 0 Å². The minimum atomic E-state index is -4.59. The maximum absolute atomic E-state index is 15.3. The van der Waals surface area contributed by atoms with Crippen LogP contribution in [0.4, 0.5) is 13.2 Å². The number of alkyl halides is 3. The highest BCUT2D eigenvalue weighted by molar-refractivity contribution is 7.10. The first kappa shape index (κ1) is 57.3. The number of thiazole rings is 1. The predicted molar refractivity (Wildman–Crippen MR) is 308 cm³/mol. The Kier molecular flexibility index (Phi) is 15.7. The fraction of sp³-hybridized carbons (Fsp3) is 0.705. The summed E-state index contributed by atoms with van der Waals surface area (Å²) in [6.07, 6.45) is 6.50. The van der Waals surface area contributed by atoms with Crippen molar-refractivity contribution >= 4 is 57.7 Å². The number of piperazine rings is 1. The predicted octanol–water partition coefficient (Wildman–Crippen LogP) is 5.81. The Morgan fingerprint density at radius 3 is 2.58 bits per heavy atom. The standard InChI is InChI=1S/C61H82F3N11O7S/c1-36(80-4)50-43(25-40(28-65-50)71-21-20-70-22-23-81-30-41(70)29-71)54-44-27-59(2,3)35-82-58(79)45-10-7-17-75(69-45)56(77)46(26-49-66-47(31-83-49)39-13-14-48(42(44)24-39)74(54)34-61(62,63)64)67-55(76)53(38-8-5-6-9-38)72-18-15-60(32-72)16-19-73(33-60)57(78)52-51(68-52)37-11-12-37/h13-14,24,28,31,36-38,40-41,45-46,51-53,68-69H,5-12,15-23,25-27,29-30,32-35H2,1-4H3,(H,67,76)/t36-,40+,41-,45-,46-,51+,52+,53-,60-/m0/s1. The van der Waals surface area contributed by atoms with E-state index in [1.54, 1.807) is 13.2 Å². The minimum Gasteiger partial charge on any atom is -0.464 e. The zero-order valence-corrected chi connectivity index (χ0v) is 49.3. The first-order valence-electron chi connectivity index (χ1n) is 30.8. The van der Waals surface area contributed by atoms with Gasteiger partial charge in [0.25, 0.3) is 5.91 Å². The quantitative estimate of drug-likeness (QED) is 0.154. The van der Waals surface area contributed by atoms with E-state index in [9.17, 15) is 9.59 Å². The first-order chi connectivity index (χ1) is 39.9. The van der Waals surface area contributed by atoms with Gasteiger partial charge in [-0.2, -0.15) is 13.2 Å². The van der Waals surface area contributed by atoms with E-state index in [4.69, 9.17) is 24.2 Å². The number of nitrogens with one attached hydrogen (secondary N) is 3. The van der Waals surface area contributed by atoms with Gasteiger partial charge in [-0.1, -0.05) is 32.8 Å². The van der Waals surface area contributed by atoms with Crippen molar-refractivity contribution < 1.29 is 46.6 Å². The molecule has 1 aromatic carbocycles. The SMILES string of the molecule is CO[C@@H](C)C1=C(c2c3c4cc(ccc4n2CC(F)(F)F)-c2csc(n2)C[C@H](NC(=O)[C@H](C2CCCC2)N2CC[C@]4(CCN(C(=O)[C@@H]5N[C@@H]5C5CC5)C4)C2)C(=O)N2CCC[C@H](N2)C(=O)OCC(C)(C)C3)C[C@@H](N2CCN3CCOC[C@@H]3C2)C=N1. The largest absolute Gasteiger partial charge is 0.464 e. The van der Waals surface area contributed by atoms with Gasteiger partial charge in [0.05, 0.1) is 54.1 Å². The van der Waals surface area contributed by atoms with Gasteiger partial charge in [0.2, 0.25) is 11.8 Å². The van der Waals surface area contributed by atoms with Crippen LogP contribution in [0.1, 0.15) is 108 Å². The molecule has 3 N–H and O–H groups in total. The molecule has 3 aromatic rings. The van der Waals surface area contributed by atoms with Crippen molar-refractivity contribution in [3.05, 3.63) is 45.5 Å². The molecule has 3 amide bonds. The molecule has 10 aliphatic rings. The second-order valence-electron chi connectivity index (χ2n) is 26.7. The van der Waals surface area contributed by atoms with Gasteiger partial charge in [0.15, 0.2) is 0 Å². The lowest BCUT2D eigenvalue weighted by Crippen LogP contribution is -2.62. The second kappa shape index (κ2) is 22.8. The Hall–Kier alpha value is -4.81. The summed E-state index contributed by atoms with van der Waals surface area (Å²) >= 11 is 1.37. The number of aromatic nitrogens is 2. The second-order valence-corrected chi connectivity index (χ2v) is 27.6. The summed E-state index contributed by atoms with van der Waals surface area (Å²) in [7, 11) is 1.59. The highest BCUT2D eigenvalue weighted by Gasteiger charge is 2.55. The van der Waals surface area contributed by atoms with E-state index in [-0.39, 0.29) is 66.6 Å². The van der Waals surface area contributed by atoms with Gasteiger partial charge in [0, 0.05) is 128 Å². The highest BCUT2D eigenvalue weighted by atomic mass is 32.1. The normalized spacial score (nSPS) is 31.2. The lowest BCUT2D eigenvalue weighted by atomic mass is 9.83. The van der Waals surface area contributed by atoms with Crippen LogP contribution in [0.15, 0.2) is 34.3 Å². The minimum absolute atomic E-state index is 0.0562. The molecule has 0 unspecified atom stereocenters. The number of aliphatic imine (C=N–C) groups is 1. The number of morpholine rings is 1. The third kappa shape index (κ3) is 11.8. The molecule has 83 heavy (non-hydrogen) atoms. The number of hydrogen-bond donors (Lipinski definition) is 3. The summed E-state index contributed by atoms with van der Waals surface area (Å²) in [4.78, 5) is 77.7. The van der Waals surface area contributed by atoms with E-state index in [0.717, 1.165) is 77.8 Å². The monoisotopic (exact) mass is 1170 g/mol. The number of cyclic esters (lactones) is 1. The number of carbonyl (C=O) groups excluding carboxylic acids is 4. The molecule has 18 nitrogen and oxygen atoms in total. The Bertz CT molecular complexity index is 3050. The number of esters is 1. The number of carbonyl (C=O) groups is 4. The number of methoxy groups -OCH3 is 1. The van der Waals surface area contributed by atoms with Crippen LogP contribution >= 0.6 is 11.3 Å². The number of halogens is 3. The summed E-state index contributed by atoms with van der Waals surface area (Å²) in [6.45, 7) is 12.2. The zero-order valence-electron chi connectivity index (χ0n) is 48.5. The third-order valence-corrected chi connectivity index (χ3v) is 21.0. The van der Waals surface area contributed by atoms with Gasteiger partial charge in [-0.05, 0) is 107 Å². The molecule has 9 atom stereocenters.